The summed E-state index contributed by atoms with van der Waals surface area (Å²) in [5.41, 5.74) is 1.52. The molecule has 0 amide bonds. The number of furan rings is 1. The Morgan fingerprint density at radius 2 is 2.06 bits per heavy atom. The summed E-state index contributed by atoms with van der Waals surface area (Å²) in [7, 11) is 0. The van der Waals surface area contributed by atoms with Crippen molar-refractivity contribution in [1.82, 2.24) is 9.97 Å². The van der Waals surface area contributed by atoms with Gasteiger partial charge in [0.1, 0.15) is 17.2 Å². The Balaban J connectivity index is 2.56. The van der Waals surface area contributed by atoms with E-state index in [4.69, 9.17) is 32.9 Å². The molecular weight excluding hydrogens is 261 g/mol. The van der Waals surface area contributed by atoms with Crippen LogP contribution in [0.1, 0.15) is 5.69 Å². The number of fused-ring (bicyclic) bond motifs is 3. The zero-order valence-electron chi connectivity index (χ0n) is 8.24. The van der Waals surface area contributed by atoms with Crippen molar-refractivity contribution in [1.29, 1.82) is 5.26 Å². The van der Waals surface area contributed by atoms with Crippen molar-refractivity contribution < 1.29 is 4.42 Å². The zero-order chi connectivity index (χ0) is 12.0. The molecule has 82 valence electrons. The predicted octanol–water partition coefficient (Wildman–Crippen LogP) is 3.55. The molecular formula is C11H3Cl2N3O. The Kier molecular flexibility index (Phi) is 2.18. The highest BCUT2D eigenvalue weighted by Crippen LogP contribution is 2.31. The van der Waals surface area contributed by atoms with E-state index in [0.717, 1.165) is 5.39 Å². The minimum atomic E-state index is 0.0201. The van der Waals surface area contributed by atoms with Gasteiger partial charge in [0.2, 0.25) is 5.28 Å². The van der Waals surface area contributed by atoms with Crippen LogP contribution < -0.4 is 0 Å². The second kappa shape index (κ2) is 3.59. The first-order valence-corrected chi connectivity index (χ1v) is 5.40. The van der Waals surface area contributed by atoms with Crippen LogP contribution >= 0.6 is 23.2 Å². The predicted molar refractivity (Wildman–Crippen MR) is 64.0 cm³/mol. The maximum Gasteiger partial charge on any atom is 0.224 e. The zero-order valence-corrected chi connectivity index (χ0v) is 9.75. The highest BCUT2D eigenvalue weighted by molar-refractivity contribution is 6.31. The van der Waals surface area contributed by atoms with E-state index in [2.05, 4.69) is 9.97 Å². The molecule has 0 unspecified atom stereocenters. The molecule has 6 heteroatoms. The van der Waals surface area contributed by atoms with E-state index in [1.807, 2.05) is 6.07 Å². The molecule has 0 fully saturated rings. The van der Waals surface area contributed by atoms with Crippen LogP contribution in [0.5, 0.6) is 0 Å². The number of hydrogen-bond donors (Lipinski definition) is 0. The monoisotopic (exact) mass is 263 g/mol. The van der Waals surface area contributed by atoms with Crippen molar-refractivity contribution in [3.05, 3.63) is 34.2 Å². The minimum absolute atomic E-state index is 0.0201. The molecule has 17 heavy (non-hydrogen) atoms. The molecule has 0 aliphatic rings. The van der Waals surface area contributed by atoms with Crippen molar-refractivity contribution in [3.63, 3.8) is 0 Å². The summed E-state index contributed by atoms with van der Waals surface area (Å²) in [5.74, 6) is 0. The Labute approximate surface area is 105 Å². The maximum absolute atomic E-state index is 8.95. The average molecular weight is 264 g/mol. The molecule has 0 aliphatic heterocycles. The number of rotatable bonds is 0. The van der Waals surface area contributed by atoms with Crippen molar-refractivity contribution in [3.8, 4) is 6.07 Å². The molecule has 1 aromatic carbocycles. The van der Waals surface area contributed by atoms with Crippen LogP contribution in [0.25, 0.3) is 22.1 Å². The minimum Gasteiger partial charge on any atom is -0.451 e. The number of halogens is 2. The van der Waals surface area contributed by atoms with Gasteiger partial charge in [-0.25, -0.2) is 9.97 Å². The SMILES string of the molecule is N#Cc1nc(Cl)nc2c1oc1cc(Cl)ccc12. The quantitative estimate of drug-likeness (QED) is 0.582. The Bertz CT molecular complexity index is 789. The lowest BCUT2D eigenvalue weighted by molar-refractivity contribution is 0.664. The van der Waals surface area contributed by atoms with E-state index in [1.165, 1.54) is 0 Å². The van der Waals surface area contributed by atoms with E-state index in [1.54, 1.807) is 18.2 Å². The maximum atomic E-state index is 8.95. The van der Waals surface area contributed by atoms with E-state index < -0.39 is 0 Å². The smallest absolute Gasteiger partial charge is 0.224 e. The van der Waals surface area contributed by atoms with Gasteiger partial charge in [-0.3, -0.25) is 0 Å². The van der Waals surface area contributed by atoms with Crippen LogP contribution in [-0.2, 0) is 0 Å². The van der Waals surface area contributed by atoms with Crippen LogP contribution in [0.15, 0.2) is 22.6 Å². The van der Waals surface area contributed by atoms with Crippen molar-refractivity contribution >= 4 is 45.3 Å². The molecule has 0 bridgehead atoms. The van der Waals surface area contributed by atoms with Gasteiger partial charge in [-0.05, 0) is 23.7 Å². The van der Waals surface area contributed by atoms with Gasteiger partial charge >= 0.3 is 0 Å². The summed E-state index contributed by atoms with van der Waals surface area (Å²) in [6, 6.07) is 7.08. The number of aromatic nitrogens is 2. The number of nitrogens with zero attached hydrogens (tertiary/aromatic N) is 3. The molecule has 0 saturated carbocycles. The molecule has 0 radical (unpaired) electrons. The molecule has 3 rings (SSSR count). The van der Waals surface area contributed by atoms with Gasteiger partial charge < -0.3 is 4.42 Å². The lowest BCUT2D eigenvalue weighted by atomic mass is 10.2. The van der Waals surface area contributed by atoms with Gasteiger partial charge in [0.05, 0.1) is 0 Å². The van der Waals surface area contributed by atoms with Crippen LogP contribution in [-0.4, -0.2) is 9.97 Å². The van der Waals surface area contributed by atoms with E-state index in [-0.39, 0.29) is 11.0 Å². The van der Waals surface area contributed by atoms with Gasteiger partial charge in [-0.15, -0.1) is 0 Å². The molecule has 2 heterocycles. The Morgan fingerprint density at radius 3 is 2.82 bits per heavy atom. The van der Waals surface area contributed by atoms with Crippen LogP contribution in [0.4, 0.5) is 0 Å². The molecule has 0 atom stereocenters. The number of nitriles is 1. The van der Waals surface area contributed by atoms with Crippen molar-refractivity contribution in [2.24, 2.45) is 0 Å². The van der Waals surface area contributed by atoms with Crippen LogP contribution in [0.3, 0.4) is 0 Å². The summed E-state index contributed by atoms with van der Waals surface area (Å²) in [4.78, 5) is 7.87. The van der Waals surface area contributed by atoms with Gasteiger partial charge in [-0.2, -0.15) is 5.26 Å². The third-order valence-electron chi connectivity index (χ3n) is 2.35. The topological polar surface area (TPSA) is 62.7 Å². The number of hydrogen-bond acceptors (Lipinski definition) is 4. The lowest BCUT2D eigenvalue weighted by Gasteiger charge is -1.92. The molecule has 0 N–H and O–H groups in total. The summed E-state index contributed by atoms with van der Waals surface area (Å²) in [5, 5.41) is 10.3. The van der Waals surface area contributed by atoms with Crippen LogP contribution in [0, 0.1) is 11.3 Å². The van der Waals surface area contributed by atoms with Gasteiger partial charge in [-0.1, -0.05) is 11.6 Å². The Hall–Kier alpha value is -1.83. The Morgan fingerprint density at radius 1 is 1.24 bits per heavy atom. The molecule has 3 aromatic rings. The third kappa shape index (κ3) is 1.52. The van der Waals surface area contributed by atoms with Gasteiger partial charge in [0.25, 0.3) is 0 Å². The highest BCUT2D eigenvalue weighted by atomic mass is 35.5. The largest absolute Gasteiger partial charge is 0.451 e. The average Bonchev–Trinajstić information content (AvgIpc) is 2.65. The standard InChI is InChI=1S/C11H3Cl2N3O/c12-5-1-2-6-8(3-5)17-10-7(4-14)15-11(13)16-9(6)10/h1-3H. The summed E-state index contributed by atoms with van der Waals surface area (Å²) < 4.78 is 5.52. The molecule has 0 spiro atoms. The summed E-state index contributed by atoms with van der Waals surface area (Å²) >= 11 is 11.6. The lowest BCUT2D eigenvalue weighted by Crippen LogP contribution is -1.87. The van der Waals surface area contributed by atoms with E-state index in [0.29, 0.717) is 21.7 Å². The first-order valence-electron chi connectivity index (χ1n) is 4.64. The fourth-order valence-corrected chi connectivity index (χ4v) is 2.00. The summed E-state index contributed by atoms with van der Waals surface area (Å²) in [6.07, 6.45) is 0. The third-order valence-corrected chi connectivity index (χ3v) is 2.76. The second-order valence-corrected chi connectivity index (χ2v) is 4.15. The number of benzene rings is 1. The first-order chi connectivity index (χ1) is 8.19. The fourth-order valence-electron chi connectivity index (χ4n) is 1.66. The first kappa shape index (κ1) is 10.3. The normalized spacial score (nSPS) is 10.9. The molecule has 0 saturated heterocycles. The summed E-state index contributed by atoms with van der Waals surface area (Å²) in [6.45, 7) is 0. The second-order valence-electron chi connectivity index (χ2n) is 3.37. The molecule has 4 nitrogen and oxygen atoms in total. The highest BCUT2D eigenvalue weighted by Gasteiger charge is 2.14. The van der Waals surface area contributed by atoms with E-state index >= 15 is 0 Å². The van der Waals surface area contributed by atoms with Crippen molar-refractivity contribution in [2.45, 2.75) is 0 Å². The molecule has 0 aliphatic carbocycles. The van der Waals surface area contributed by atoms with Gasteiger partial charge in [0, 0.05) is 16.5 Å². The van der Waals surface area contributed by atoms with Crippen molar-refractivity contribution in [2.75, 3.05) is 0 Å². The van der Waals surface area contributed by atoms with E-state index in [9.17, 15) is 0 Å². The van der Waals surface area contributed by atoms with Crippen LogP contribution in [0.2, 0.25) is 10.3 Å². The van der Waals surface area contributed by atoms with Gasteiger partial charge in [0.15, 0.2) is 11.3 Å². The fraction of sp³-hybridized carbons (Fsp3) is 0. The molecule has 2 aromatic heterocycles.